The van der Waals surface area contributed by atoms with Crippen LogP contribution in [0.15, 0.2) is 72.1 Å². The van der Waals surface area contributed by atoms with Gasteiger partial charge in [0.1, 0.15) is 6.04 Å². The highest BCUT2D eigenvalue weighted by atomic mass is 35.5. The molecule has 1 aliphatic carbocycles. The summed E-state index contributed by atoms with van der Waals surface area (Å²) in [4.78, 5) is 45.0. The van der Waals surface area contributed by atoms with Crippen LogP contribution in [0.2, 0.25) is 5.02 Å². The first kappa shape index (κ1) is 28.4. The zero-order valence-corrected chi connectivity index (χ0v) is 24.5. The van der Waals surface area contributed by atoms with E-state index in [-0.39, 0.29) is 29.8 Å². The molecule has 2 aliphatic rings. The number of nitrogens with one attached hydrogen (secondary N) is 2. The quantitative estimate of drug-likeness (QED) is 0.297. The van der Waals surface area contributed by atoms with E-state index in [1.807, 2.05) is 73.8 Å². The van der Waals surface area contributed by atoms with Crippen LogP contribution in [0.5, 0.6) is 0 Å². The van der Waals surface area contributed by atoms with Crippen LogP contribution in [0.25, 0.3) is 0 Å². The fraction of sp³-hybridized carbons (Fsp3) is 0.406. The number of halogens is 1. The van der Waals surface area contributed by atoms with Gasteiger partial charge in [-0.2, -0.15) is 0 Å². The molecule has 6 nitrogen and oxygen atoms in total. The molecule has 4 atom stereocenters. The molecule has 1 saturated heterocycles. The first-order valence-corrected chi connectivity index (χ1v) is 15.4. The summed E-state index contributed by atoms with van der Waals surface area (Å²) >= 11 is 7.64. The van der Waals surface area contributed by atoms with Crippen LogP contribution in [0.4, 0.5) is 4.79 Å². The van der Waals surface area contributed by atoms with E-state index in [1.54, 1.807) is 17.0 Å². The molecule has 2 heterocycles. The molecule has 3 aromatic rings. The molecule has 3 amide bonds. The molecular weight excluding hydrogens is 542 g/mol. The summed E-state index contributed by atoms with van der Waals surface area (Å²) in [7, 11) is 0. The van der Waals surface area contributed by atoms with Gasteiger partial charge in [-0.25, -0.2) is 4.79 Å². The largest absolute Gasteiger partial charge is 0.352 e. The molecule has 40 heavy (non-hydrogen) atoms. The minimum absolute atomic E-state index is 0.0486. The molecule has 2 aromatic carbocycles. The first-order valence-electron chi connectivity index (χ1n) is 14.1. The Morgan fingerprint density at radius 2 is 1.60 bits per heavy atom. The van der Waals surface area contributed by atoms with E-state index in [4.69, 9.17) is 11.6 Å². The highest BCUT2D eigenvalue weighted by Crippen LogP contribution is 2.51. The Bertz CT molecular complexity index is 1310. The molecule has 2 N–H and O–H groups in total. The maximum atomic E-state index is 14.4. The van der Waals surface area contributed by atoms with Gasteiger partial charge in [-0.05, 0) is 61.4 Å². The summed E-state index contributed by atoms with van der Waals surface area (Å²) in [5.41, 5.74) is 1.63. The van der Waals surface area contributed by atoms with Crippen molar-refractivity contribution >= 4 is 40.7 Å². The molecule has 4 unspecified atom stereocenters. The van der Waals surface area contributed by atoms with Crippen molar-refractivity contribution in [2.45, 2.75) is 76.0 Å². The second-order valence-electron chi connectivity index (χ2n) is 11.1. The number of carbonyl (C=O) groups excluding carboxylic acids is 3. The summed E-state index contributed by atoms with van der Waals surface area (Å²) in [5, 5.41) is 8.76. The van der Waals surface area contributed by atoms with Gasteiger partial charge in [-0.15, -0.1) is 11.3 Å². The second-order valence-corrected chi connectivity index (χ2v) is 12.5. The van der Waals surface area contributed by atoms with E-state index in [9.17, 15) is 14.4 Å². The van der Waals surface area contributed by atoms with Gasteiger partial charge in [-0.1, -0.05) is 79.4 Å². The second kappa shape index (κ2) is 12.6. The molecule has 1 saturated carbocycles. The van der Waals surface area contributed by atoms with E-state index in [2.05, 4.69) is 10.6 Å². The van der Waals surface area contributed by atoms with Gasteiger partial charge in [0.05, 0.1) is 16.8 Å². The SMILES string of the molecule is CC(C)NC(=O)C1C(c2ccc(Cl)cc2)C(C(=O)c2cccs2)C(c2ccccc2)N1C(=O)NC1CCCCC1. The van der Waals surface area contributed by atoms with E-state index >= 15 is 0 Å². The number of thiophene rings is 1. The van der Waals surface area contributed by atoms with E-state index in [1.165, 1.54) is 11.3 Å². The standard InChI is InChI=1S/C32H36ClN3O3S/c1-20(2)34-31(38)29-26(21-15-17-23(33)18-16-21)27(30(37)25-14-9-19-40-25)28(22-10-5-3-6-11-22)36(29)32(39)35-24-12-7-4-8-13-24/h3,5-6,9-11,14-20,24,26-29H,4,7-8,12-13H2,1-2H3,(H,34,38)(H,35,39). The lowest BCUT2D eigenvalue weighted by molar-refractivity contribution is -0.126. The van der Waals surface area contributed by atoms with Gasteiger partial charge in [0.2, 0.25) is 5.91 Å². The number of likely N-dealkylation sites (tertiary alicyclic amines) is 1. The number of carbonyl (C=O) groups is 3. The Kier molecular flexibility index (Phi) is 8.91. The Balaban J connectivity index is 1.69. The van der Waals surface area contributed by atoms with E-state index < -0.39 is 23.9 Å². The van der Waals surface area contributed by atoms with E-state index in [0.29, 0.717) is 9.90 Å². The Morgan fingerprint density at radius 3 is 2.23 bits per heavy atom. The summed E-state index contributed by atoms with van der Waals surface area (Å²) in [5.74, 6) is -1.59. The number of urea groups is 1. The fourth-order valence-electron chi connectivity index (χ4n) is 6.30. The van der Waals surface area contributed by atoms with Crippen LogP contribution < -0.4 is 10.6 Å². The highest BCUT2D eigenvalue weighted by Gasteiger charge is 2.57. The zero-order chi connectivity index (χ0) is 28.2. The van der Waals surface area contributed by atoms with Gasteiger partial charge in [0, 0.05) is 23.0 Å². The summed E-state index contributed by atoms with van der Waals surface area (Å²) in [6, 6.07) is 18.7. The van der Waals surface area contributed by atoms with Crippen LogP contribution in [0.1, 0.15) is 78.7 Å². The van der Waals surface area contributed by atoms with Crippen LogP contribution in [0.3, 0.4) is 0 Å². The lowest BCUT2D eigenvalue weighted by Gasteiger charge is -2.34. The number of nitrogens with zero attached hydrogens (tertiary/aromatic N) is 1. The molecule has 0 radical (unpaired) electrons. The minimum Gasteiger partial charge on any atom is -0.352 e. The van der Waals surface area contributed by atoms with Crippen LogP contribution in [0, 0.1) is 5.92 Å². The van der Waals surface area contributed by atoms with Crippen molar-refractivity contribution in [2.75, 3.05) is 0 Å². The van der Waals surface area contributed by atoms with Crippen molar-refractivity contribution < 1.29 is 14.4 Å². The summed E-state index contributed by atoms with van der Waals surface area (Å²) in [6.45, 7) is 3.80. The van der Waals surface area contributed by atoms with Crippen molar-refractivity contribution in [1.29, 1.82) is 0 Å². The normalized spacial score (nSPS) is 23.2. The zero-order valence-electron chi connectivity index (χ0n) is 22.9. The monoisotopic (exact) mass is 577 g/mol. The number of Topliss-reactive ketones (excluding diaryl/α,β-unsaturated/α-hetero) is 1. The summed E-state index contributed by atoms with van der Waals surface area (Å²) in [6.07, 6.45) is 5.12. The third-order valence-electron chi connectivity index (χ3n) is 8.00. The van der Waals surface area contributed by atoms with Crippen LogP contribution in [-0.2, 0) is 4.79 Å². The Labute approximate surface area is 245 Å². The minimum atomic E-state index is -0.897. The summed E-state index contributed by atoms with van der Waals surface area (Å²) < 4.78 is 0. The molecule has 1 aromatic heterocycles. The third-order valence-corrected chi connectivity index (χ3v) is 9.13. The molecule has 0 bridgehead atoms. The number of hydrogen-bond acceptors (Lipinski definition) is 4. The van der Waals surface area contributed by atoms with Gasteiger partial charge >= 0.3 is 6.03 Å². The third kappa shape index (κ3) is 5.96. The van der Waals surface area contributed by atoms with Crippen molar-refractivity contribution in [3.63, 3.8) is 0 Å². The Morgan fingerprint density at radius 1 is 0.900 bits per heavy atom. The predicted octanol–water partition coefficient (Wildman–Crippen LogP) is 6.98. The first-order chi connectivity index (χ1) is 19.3. The average Bonchev–Trinajstić information content (AvgIpc) is 3.61. The van der Waals surface area contributed by atoms with Gasteiger partial charge in [0.15, 0.2) is 5.78 Å². The maximum absolute atomic E-state index is 14.4. The Hall–Kier alpha value is -3.16. The molecule has 0 spiro atoms. The van der Waals surface area contributed by atoms with Gasteiger partial charge < -0.3 is 15.5 Å². The molecule has 1 aliphatic heterocycles. The lowest BCUT2D eigenvalue weighted by atomic mass is 9.77. The molecule has 2 fully saturated rings. The van der Waals surface area contributed by atoms with Crippen LogP contribution in [-0.4, -0.2) is 40.7 Å². The fourth-order valence-corrected chi connectivity index (χ4v) is 7.14. The number of rotatable bonds is 7. The van der Waals surface area contributed by atoms with Crippen LogP contribution >= 0.6 is 22.9 Å². The van der Waals surface area contributed by atoms with E-state index in [0.717, 1.165) is 43.2 Å². The average molecular weight is 578 g/mol. The van der Waals surface area contributed by atoms with Crippen molar-refractivity contribution in [3.8, 4) is 0 Å². The number of hydrogen-bond donors (Lipinski definition) is 2. The maximum Gasteiger partial charge on any atom is 0.318 e. The van der Waals surface area contributed by atoms with Crippen molar-refractivity contribution in [1.82, 2.24) is 15.5 Å². The molecular formula is C32H36ClN3O3S. The number of amides is 3. The highest BCUT2D eigenvalue weighted by molar-refractivity contribution is 7.12. The predicted molar refractivity (Wildman–Crippen MR) is 160 cm³/mol. The topological polar surface area (TPSA) is 78.5 Å². The van der Waals surface area contributed by atoms with Crippen molar-refractivity contribution in [3.05, 3.63) is 93.1 Å². The van der Waals surface area contributed by atoms with Gasteiger partial charge in [-0.3, -0.25) is 9.59 Å². The van der Waals surface area contributed by atoms with Gasteiger partial charge in [0.25, 0.3) is 0 Å². The molecule has 8 heteroatoms. The smallest absolute Gasteiger partial charge is 0.318 e. The number of benzene rings is 2. The van der Waals surface area contributed by atoms with Crippen molar-refractivity contribution in [2.24, 2.45) is 5.92 Å². The molecule has 210 valence electrons. The number of ketones is 1. The molecule has 5 rings (SSSR count). The lowest BCUT2D eigenvalue weighted by Crippen LogP contribution is -2.54.